The zero-order valence-electron chi connectivity index (χ0n) is 18.2. The quantitative estimate of drug-likeness (QED) is 0.524. The van der Waals surface area contributed by atoms with Crippen molar-refractivity contribution in [3.05, 3.63) is 48.0 Å². The first-order valence-corrected chi connectivity index (χ1v) is 9.95. The molecule has 0 aliphatic rings. The number of aromatic nitrogens is 2. The van der Waals surface area contributed by atoms with Crippen molar-refractivity contribution in [2.45, 2.75) is 32.3 Å². The molecular weight excluding hydrogens is 439 g/mol. The van der Waals surface area contributed by atoms with Crippen molar-refractivity contribution in [3.63, 3.8) is 0 Å². The minimum atomic E-state index is -4.83. The average molecular weight is 461 g/mol. The highest BCUT2D eigenvalue weighted by Gasteiger charge is 2.32. The fraction of sp³-hybridized carbons (Fsp3) is 0.318. The summed E-state index contributed by atoms with van der Waals surface area (Å²) in [6, 6.07) is 12.1. The van der Waals surface area contributed by atoms with Gasteiger partial charge in [-0.25, -0.2) is 4.68 Å². The van der Waals surface area contributed by atoms with Crippen molar-refractivity contribution < 1.29 is 27.4 Å². The molecule has 0 aliphatic heterocycles. The molecule has 1 heterocycles. The first-order valence-electron chi connectivity index (χ1n) is 9.95. The number of anilines is 1. The SMILES string of the molecule is CCNc1ccc2c(OC)n(CC(C)(C#N)NC(=O)c3ccc(OC(F)(F)F)cc3)nc2c1. The highest BCUT2D eigenvalue weighted by atomic mass is 19.4. The van der Waals surface area contributed by atoms with Gasteiger partial charge in [0.2, 0.25) is 5.88 Å². The van der Waals surface area contributed by atoms with Gasteiger partial charge in [0.25, 0.3) is 5.91 Å². The summed E-state index contributed by atoms with van der Waals surface area (Å²) in [7, 11) is 1.48. The first-order chi connectivity index (χ1) is 15.6. The number of ether oxygens (including phenoxy) is 2. The normalized spacial score (nSPS) is 13.1. The summed E-state index contributed by atoms with van der Waals surface area (Å²) >= 11 is 0. The Morgan fingerprint density at radius 3 is 2.48 bits per heavy atom. The third-order valence-corrected chi connectivity index (χ3v) is 4.72. The second-order valence-corrected chi connectivity index (χ2v) is 7.40. The molecule has 1 aromatic heterocycles. The Morgan fingerprint density at radius 2 is 1.91 bits per heavy atom. The number of nitriles is 1. The van der Waals surface area contributed by atoms with E-state index in [-0.39, 0.29) is 12.1 Å². The molecule has 8 nitrogen and oxygen atoms in total. The van der Waals surface area contributed by atoms with Crippen LogP contribution >= 0.6 is 0 Å². The number of carbonyl (C=O) groups is 1. The molecule has 0 radical (unpaired) electrons. The van der Waals surface area contributed by atoms with Gasteiger partial charge in [0, 0.05) is 17.8 Å². The van der Waals surface area contributed by atoms with E-state index in [4.69, 9.17) is 4.74 Å². The number of carbonyl (C=O) groups excluding carboxylic acids is 1. The van der Waals surface area contributed by atoms with E-state index < -0.39 is 23.6 Å². The van der Waals surface area contributed by atoms with Gasteiger partial charge in [0.1, 0.15) is 11.3 Å². The molecule has 0 saturated carbocycles. The van der Waals surface area contributed by atoms with Gasteiger partial charge in [-0.1, -0.05) is 0 Å². The molecule has 11 heteroatoms. The second-order valence-electron chi connectivity index (χ2n) is 7.40. The molecule has 2 aromatic carbocycles. The number of hydrogen-bond donors (Lipinski definition) is 2. The highest BCUT2D eigenvalue weighted by molar-refractivity contribution is 5.95. The lowest BCUT2D eigenvalue weighted by molar-refractivity contribution is -0.274. The van der Waals surface area contributed by atoms with Gasteiger partial charge in [-0.3, -0.25) is 4.79 Å². The Kier molecular flexibility index (Phi) is 6.67. The van der Waals surface area contributed by atoms with Crippen LogP contribution in [-0.2, 0) is 6.54 Å². The number of alkyl halides is 3. The summed E-state index contributed by atoms with van der Waals surface area (Å²) in [5.74, 6) is -0.660. The number of fused-ring (bicyclic) bond motifs is 1. The van der Waals surface area contributed by atoms with E-state index in [1.54, 1.807) is 0 Å². The number of rotatable bonds is 8. The maximum atomic E-state index is 12.7. The van der Waals surface area contributed by atoms with Crippen LogP contribution in [0.2, 0.25) is 0 Å². The van der Waals surface area contributed by atoms with E-state index in [2.05, 4.69) is 26.5 Å². The lowest BCUT2D eigenvalue weighted by Crippen LogP contribution is -2.48. The molecule has 2 N–H and O–H groups in total. The molecule has 0 fully saturated rings. The summed E-state index contributed by atoms with van der Waals surface area (Å²) in [6.07, 6.45) is -4.83. The van der Waals surface area contributed by atoms with Gasteiger partial charge < -0.3 is 20.1 Å². The monoisotopic (exact) mass is 461 g/mol. The lowest BCUT2D eigenvalue weighted by Gasteiger charge is -2.24. The number of nitrogens with zero attached hydrogens (tertiary/aromatic N) is 3. The van der Waals surface area contributed by atoms with Crippen LogP contribution in [0.4, 0.5) is 18.9 Å². The van der Waals surface area contributed by atoms with Crippen molar-refractivity contribution in [1.82, 2.24) is 15.1 Å². The maximum Gasteiger partial charge on any atom is 0.573 e. The van der Waals surface area contributed by atoms with Crippen LogP contribution in [-0.4, -0.2) is 41.2 Å². The van der Waals surface area contributed by atoms with Crippen molar-refractivity contribution >= 4 is 22.5 Å². The average Bonchev–Trinajstić information content (AvgIpc) is 3.09. The number of benzene rings is 2. The molecule has 174 valence electrons. The van der Waals surface area contributed by atoms with Crippen LogP contribution in [0.5, 0.6) is 11.6 Å². The highest BCUT2D eigenvalue weighted by Crippen LogP contribution is 2.29. The summed E-state index contributed by atoms with van der Waals surface area (Å²) < 4.78 is 47.7. The molecule has 0 saturated heterocycles. The molecule has 0 aliphatic carbocycles. The Labute approximate surface area is 187 Å². The Morgan fingerprint density at radius 1 is 1.21 bits per heavy atom. The van der Waals surface area contributed by atoms with Gasteiger partial charge >= 0.3 is 6.36 Å². The number of nitrogens with one attached hydrogen (secondary N) is 2. The third-order valence-electron chi connectivity index (χ3n) is 4.72. The third kappa shape index (κ3) is 5.65. The van der Waals surface area contributed by atoms with E-state index >= 15 is 0 Å². The van der Waals surface area contributed by atoms with Gasteiger partial charge in [-0.2, -0.15) is 10.4 Å². The molecule has 0 bridgehead atoms. The van der Waals surface area contributed by atoms with Crippen molar-refractivity contribution in [2.75, 3.05) is 19.0 Å². The second kappa shape index (κ2) is 9.28. The smallest absolute Gasteiger partial charge is 0.481 e. The van der Waals surface area contributed by atoms with E-state index in [1.165, 1.54) is 30.8 Å². The molecule has 33 heavy (non-hydrogen) atoms. The standard InChI is InChI=1S/C22H22F3N5O3/c1-4-27-15-7-10-17-18(11-15)29-30(20(17)32-3)13-21(2,12-26)28-19(31)14-5-8-16(9-6-14)33-22(23,24)25/h5-11,27H,4,13H2,1-3H3,(H,28,31). The predicted molar refractivity (Wildman–Crippen MR) is 115 cm³/mol. The minimum Gasteiger partial charge on any atom is -0.481 e. The first kappa shape index (κ1) is 23.7. The van der Waals surface area contributed by atoms with Crippen molar-refractivity contribution in [1.29, 1.82) is 5.26 Å². The van der Waals surface area contributed by atoms with Crippen LogP contribution in [0.15, 0.2) is 42.5 Å². The molecule has 1 atom stereocenters. The zero-order chi connectivity index (χ0) is 24.2. The number of amides is 1. The summed E-state index contributed by atoms with van der Waals surface area (Å²) in [5.41, 5.74) is 0.209. The van der Waals surface area contributed by atoms with E-state index in [0.29, 0.717) is 11.4 Å². The Balaban J connectivity index is 1.81. The molecule has 1 amide bonds. The maximum absolute atomic E-state index is 12.7. The van der Waals surface area contributed by atoms with Gasteiger partial charge in [-0.05, 0) is 56.3 Å². The molecule has 1 unspecified atom stereocenters. The van der Waals surface area contributed by atoms with Crippen molar-refractivity contribution in [3.8, 4) is 17.7 Å². The van der Waals surface area contributed by atoms with Crippen LogP contribution in [0.25, 0.3) is 10.9 Å². The fourth-order valence-electron chi connectivity index (χ4n) is 3.28. The Bertz CT molecular complexity index is 1180. The van der Waals surface area contributed by atoms with E-state index in [9.17, 15) is 23.2 Å². The largest absolute Gasteiger partial charge is 0.573 e. The minimum absolute atomic E-state index is 0.0289. The zero-order valence-corrected chi connectivity index (χ0v) is 18.2. The molecular formula is C22H22F3N5O3. The van der Waals surface area contributed by atoms with Gasteiger partial charge in [0.05, 0.1) is 30.6 Å². The Hall–Kier alpha value is -3.94. The van der Waals surface area contributed by atoms with E-state index in [1.807, 2.05) is 25.1 Å². The number of halogens is 3. The van der Waals surface area contributed by atoms with Crippen LogP contribution < -0.4 is 20.1 Å². The fourth-order valence-corrected chi connectivity index (χ4v) is 3.28. The lowest BCUT2D eigenvalue weighted by atomic mass is 10.0. The topological polar surface area (TPSA) is 101 Å². The molecule has 3 aromatic rings. The van der Waals surface area contributed by atoms with Crippen LogP contribution in [0.1, 0.15) is 24.2 Å². The number of hydrogen-bond acceptors (Lipinski definition) is 6. The van der Waals surface area contributed by atoms with Crippen molar-refractivity contribution in [2.24, 2.45) is 0 Å². The van der Waals surface area contributed by atoms with Crippen LogP contribution in [0, 0.1) is 11.3 Å². The van der Waals surface area contributed by atoms with Gasteiger partial charge in [0.15, 0.2) is 0 Å². The van der Waals surface area contributed by atoms with E-state index in [0.717, 1.165) is 29.8 Å². The van der Waals surface area contributed by atoms with Gasteiger partial charge in [-0.15, -0.1) is 13.2 Å². The summed E-state index contributed by atoms with van der Waals surface area (Å²) in [4.78, 5) is 12.7. The summed E-state index contributed by atoms with van der Waals surface area (Å²) in [6.45, 7) is 4.20. The molecule has 3 rings (SSSR count). The predicted octanol–water partition coefficient (Wildman–Crippen LogP) is 4.09. The summed E-state index contributed by atoms with van der Waals surface area (Å²) in [5, 5.41) is 20.8. The number of methoxy groups -OCH3 is 1. The molecule has 0 spiro atoms. The van der Waals surface area contributed by atoms with Crippen LogP contribution in [0.3, 0.4) is 0 Å².